The van der Waals surface area contributed by atoms with Gasteiger partial charge in [-0.05, 0) is 42.0 Å². The number of nitrogens with zero attached hydrogens (tertiary/aromatic N) is 3. The van der Waals surface area contributed by atoms with Gasteiger partial charge in [-0.2, -0.15) is 0 Å². The van der Waals surface area contributed by atoms with Gasteiger partial charge in [-0.25, -0.2) is 15.8 Å². The summed E-state index contributed by atoms with van der Waals surface area (Å²) in [5, 5.41) is 1.61. The van der Waals surface area contributed by atoms with Gasteiger partial charge in [0.15, 0.2) is 5.82 Å². The third-order valence-corrected chi connectivity index (χ3v) is 4.31. The highest BCUT2D eigenvalue weighted by Crippen LogP contribution is 2.34. The van der Waals surface area contributed by atoms with Gasteiger partial charge in [-0.1, -0.05) is 23.7 Å². The van der Waals surface area contributed by atoms with Gasteiger partial charge in [0, 0.05) is 29.5 Å². The number of nitrogen functional groups attached to an aromatic ring is 1. The fourth-order valence-corrected chi connectivity index (χ4v) is 3.05. The Morgan fingerprint density at radius 3 is 2.71 bits per heavy atom. The van der Waals surface area contributed by atoms with E-state index in [0.717, 1.165) is 27.8 Å². The predicted octanol–water partition coefficient (Wildman–Crippen LogP) is 4.03. The summed E-state index contributed by atoms with van der Waals surface area (Å²) < 4.78 is 2.06. The van der Waals surface area contributed by atoms with Gasteiger partial charge in [-0.3, -0.25) is 0 Å². The molecule has 6 heteroatoms. The van der Waals surface area contributed by atoms with Gasteiger partial charge >= 0.3 is 0 Å². The standard InChI is InChI=1S/C18H14ClN5/c19-17-14(6-9-22-18(17)23-20)12-4-5-15-13(11-12)7-10-24(15)16-3-1-2-8-21-16/h1-11H,20H2,(H,22,23). The highest BCUT2D eigenvalue weighted by molar-refractivity contribution is 6.35. The minimum Gasteiger partial charge on any atom is -0.307 e. The largest absolute Gasteiger partial charge is 0.307 e. The van der Waals surface area contributed by atoms with Crippen LogP contribution in [-0.2, 0) is 0 Å². The second-order valence-corrected chi connectivity index (χ2v) is 5.69. The molecular formula is C18H14ClN5. The Kier molecular flexibility index (Phi) is 3.65. The maximum atomic E-state index is 6.38. The molecular weight excluding hydrogens is 322 g/mol. The van der Waals surface area contributed by atoms with Crippen LogP contribution in [0.2, 0.25) is 5.02 Å². The molecule has 4 rings (SSSR count). The van der Waals surface area contributed by atoms with Crippen LogP contribution in [-0.4, -0.2) is 14.5 Å². The highest BCUT2D eigenvalue weighted by atomic mass is 35.5. The van der Waals surface area contributed by atoms with Crippen LogP contribution in [0.15, 0.2) is 67.1 Å². The predicted molar refractivity (Wildman–Crippen MR) is 97.1 cm³/mol. The molecule has 0 saturated carbocycles. The summed E-state index contributed by atoms with van der Waals surface area (Å²) in [5.41, 5.74) is 5.48. The van der Waals surface area contributed by atoms with E-state index in [9.17, 15) is 0 Å². The smallest absolute Gasteiger partial charge is 0.159 e. The van der Waals surface area contributed by atoms with Crippen molar-refractivity contribution in [3.63, 3.8) is 0 Å². The van der Waals surface area contributed by atoms with Crippen molar-refractivity contribution in [1.29, 1.82) is 0 Å². The third kappa shape index (κ3) is 2.40. The molecule has 3 aromatic heterocycles. The van der Waals surface area contributed by atoms with Crippen molar-refractivity contribution in [1.82, 2.24) is 14.5 Å². The van der Waals surface area contributed by atoms with E-state index in [4.69, 9.17) is 17.4 Å². The molecule has 0 aliphatic heterocycles. The summed E-state index contributed by atoms with van der Waals surface area (Å²) in [6, 6.07) is 16.0. The molecule has 0 amide bonds. The molecule has 0 aliphatic carbocycles. The first kappa shape index (κ1) is 14.7. The Morgan fingerprint density at radius 2 is 1.92 bits per heavy atom. The highest BCUT2D eigenvalue weighted by Gasteiger charge is 2.11. The number of hydrogen-bond acceptors (Lipinski definition) is 4. The summed E-state index contributed by atoms with van der Waals surface area (Å²) in [6.07, 6.45) is 5.48. The van der Waals surface area contributed by atoms with Crippen LogP contribution in [0, 0.1) is 0 Å². The molecule has 1 aromatic carbocycles. The number of nitrogens with two attached hydrogens (primary N) is 1. The number of fused-ring (bicyclic) bond motifs is 1. The number of pyridine rings is 2. The summed E-state index contributed by atoms with van der Waals surface area (Å²) in [6.45, 7) is 0. The Hall–Kier alpha value is -2.89. The van der Waals surface area contributed by atoms with Gasteiger partial charge in [0.25, 0.3) is 0 Å². The van der Waals surface area contributed by atoms with E-state index in [-0.39, 0.29) is 0 Å². The Balaban J connectivity index is 1.84. The van der Waals surface area contributed by atoms with Crippen LogP contribution in [0.4, 0.5) is 5.82 Å². The molecule has 0 radical (unpaired) electrons. The Morgan fingerprint density at radius 1 is 1.00 bits per heavy atom. The minimum atomic E-state index is 0.459. The lowest BCUT2D eigenvalue weighted by Gasteiger charge is -2.09. The van der Waals surface area contributed by atoms with Gasteiger partial charge in [0.05, 0.1) is 10.5 Å². The first-order valence-corrected chi connectivity index (χ1v) is 7.80. The molecule has 3 N–H and O–H groups in total. The Bertz CT molecular complexity index is 1010. The Labute approximate surface area is 143 Å². The zero-order valence-electron chi connectivity index (χ0n) is 12.6. The molecule has 0 spiro atoms. The van der Waals surface area contributed by atoms with E-state index in [0.29, 0.717) is 10.8 Å². The van der Waals surface area contributed by atoms with E-state index in [2.05, 4.69) is 38.2 Å². The number of hydrazine groups is 1. The summed E-state index contributed by atoms with van der Waals surface area (Å²) in [5.74, 6) is 6.79. The number of hydrogen-bond donors (Lipinski definition) is 2. The van der Waals surface area contributed by atoms with Crippen LogP contribution in [0.3, 0.4) is 0 Å². The lowest BCUT2D eigenvalue weighted by molar-refractivity contribution is 1.04. The molecule has 0 atom stereocenters. The van der Waals surface area contributed by atoms with Crippen molar-refractivity contribution < 1.29 is 0 Å². The van der Waals surface area contributed by atoms with Crippen LogP contribution < -0.4 is 11.3 Å². The van der Waals surface area contributed by atoms with Crippen molar-refractivity contribution in [2.24, 2.45) is 5.84 Å². The summed E-state index contributed by atoms with van der Waals surface area (Å²) >= 11 is 6.38. The average Bonchev–Trinajstić information content (AvgIpc) is 3.06. The SMILES string of the molecule is NNc1nccc(-c2ccc3c(ccn3-c3ccccn3)c2)c1Cl. The number of aromatic nitrogens is 3. The lowest BCUT2D eigenvalue weighted by Crippen LogP contribution is -2.09. The fourth-order valence-electron chi connectivity index (χ4n) is 2.77. The molecule has 4 aromatic rings. The van der Waals surface area contributed by atoms with Crippen LogP contribution >= 0.6 is 11.6 Å². The van der Waals surface area contributed by atoms with Crippen LogP contribution in [0.5, 0.6) is 0 Å². The molecule has 0 aliphatic rings. The van der Waals surface area contributed by atoms with E-state index in [1.54, 1.807) is 12.4 Å². The molecule has 0 saturated heterocycles. The van der Waals surface area contributed by atoms with Crippen molar-refractivity contribution >= 4 is 28.3 Å². The van der Waals surface area contributed by atoms with Gasteiger partial charge < -0.3 is 9.99 Å². The fraction of sp³-hybridized carbons (Fsp3) is 0. The van der Waals surface area contributed by atoms with Crippen molar-refractivity contribution in [2.75, 3.05) is 5.43 Å². The van der Waals surface area contributed by atoms with E-state index < -0.39 is 0 Å². The minimum absolute atomic E-state index is 0.459. The monoisotopic (exact) mass is 335 g/mol. The topological polar surface area (TPSA) is 68.8 Å². The van der Waals surface area contributed by atoms with E-state index in [1.807, 2.05) is 36.5 Å². The summed E-state index contributed by atoms with van der Waals surface area (Å²) in [4.78, 5) is 8.51. The quantitative estimate of drug-likeness (QED) is 0.438. The molecule has 0 unspecified atom stereocenters. The zero-order chi connectivity index (χ0) is 16.5. The van der Waals surface area contributed by atoms with Gasteiger partial charge in [0.2, 0.25) is 0 Å². The third-order valence-electron chi connectivity index (χ3n) is 3.92. The maximum Gasteiger partial charge on any atom is 0.159 e. The molecule has 0 bridgehead atoms. The first-order chi connectivity index (χ1) is 11.8. The van der Waals surface area contributed by atoms with Gasteiger partial charge in [-0.15, -0.1) is 0 Å². The second kappa shape index (κ2) is 5.96. The molecule has 0 fully saturated rings. The number of anilines is 1. The zero-order valence-corrected chi connectivity index (χ0v) is 13.4. The number of nitrogens with one attached hydrogen (secondary N) is 1. The number of benzene rings is 1. The maximum absolute atomic E-state index is 6.38. The van der Waals surface area contributed by atoms with Crippen LogP contribution in [0.1, 0.15) is 0 Å². The number of halogens is 1. The number of rotatable bonds is 3. The summed E-state index contributed by atoms with van der Waals surface area (Å²) in [7, 11) is 0. The van der Waals surface area contributed by atoms with Gasteiger partial charge in [0.1, 0.15) is 5.82 Å². The van der Waals surface area contributed by atoms with Crippen molar-refractivity contribution in [3.05, 3.63) is 72.1 Å². The molecule has 3 heterocycles. The van der Waals surface area contributed by atoms with Crippen molar-refractivity contribution in [2.45, 2.75) is 0 Å². The second-order valence-electron chi connectivity index (χ2n) is 5.31. The lowest BCUT2D eigenvalue weighted by atomic mass is 10.0. The average molecular weight is 336 g/mol. The van der Waals surface area contributed by atoms with E-state index >= 15 is 0 Å². The van der Waals surface area contributed by atoms with Crippen molar-refractivity contribution in [3.8, 4) is 16.9 Å². The molecule has 118 valence electrons. The van der Waals surface area contributed by atoms with Crippen LogP contribution in [0.25, 0.3) is 27.8 Å². The molecule has 5 nitrogen and oxygen atoms in total. The first-order valence-electron chi connectivity index (χ1n) is 7.42. The normalized spacial score (nSPS) is 10.9. The molecule has 24 heavy (non-hydrogen) atoms. The van der Waals surface area contributed by atoms with E-state index in [1.165, 1.54) is 0 Å².